The van der Waals surface area contributed by atoms with Crippen molar-refractivity contribution in [3.8, 4) is 0 Å². The average Bonchev–Trinajstić information content (AvgIpc) is 2.14. The lowest BCUT2D eigenvalue weighted by atomic mass is 9.92. The molecule has 0 unspecified atom stereocenters. The van der Waals surface area contributed by atoms with Crippen LogP contribution in [0.4, 0.5) is 0 Å². The van der Waals surface area contributed by atoms with Gasteiger partial charge in [-0.3, -0.25) is 0 Å². The molecule has 1 fully saturated rings. The van der Waals surface area contributed by atoms with E-state index in [9.17, 15) is 0 Å². The summed E-state index contributed by atoms with van der Waals surface area (Å²) in [6.07, 6.45) is 1.32. The summed E-state index contributed by atoms with van der Waals surface area (Å²) < 4.78 is 0. The van der Waals surface area contributed by atoms with Gasteiger partial charge < -0.3 is 9.80 Å². The van der Waals surface area contributed by atoms with Crippen LogP contribution in [0.15, 0.2) is 0 Å². The Kier molecular flexibility index (Phi) is 5.26. The fraction of sp³-hybridized carbons (Fsp3) is 1.00. The van der Waals surface area contributed by atoms with Gasteiger partial charge in [-0.15, -0.1) is 0 Å². The molecular weight excluding hydrogens is 196 g/mol. The molecule has 0 radical (unpaired) electrons. The van der Waals surface area contributed by atoms with Crippen LogP contribution in [0.2, 0.25) is 0 Å². The van der Waals surface area contributed by atoms with Gasteiger partial charge in [-0.1, -0.05) is 34.6 Å². The van der Waals surface area contributed by atoms with E-state index in [1.54, 1.807) is 0 Å². The van der Waals surface area contributed by atoms with Gasteiger partial charge in [0.1, 0.15) is 0 Å². The second-order valence-corrected chi connectivity index (χ2v) is 6.85. The third kappa shape index (κ3) is 5.86. The maximum Gasteiger partial charge on any atom is 0.0110 e. The van der Waals surface area contributed by atoms with E-state index in [4.69, 9.17) is 0 Å². The van der Waals surface area contributed by atoms with Crippen LogP contribution >= 0.6 is 0 Å². The van der Waals surface area contributed by atoms with Crippen molar-refractivity contribution in [2.75, 3.05) is 39.3 Å². The van der Waals surface area contributed by atoms with Gasteiger partial charge in [-0.2, -0.15) is 0 Å². The largest absolute Gasteiger partial charge is 0.301 e. The van der Waals surface area contributed by atoms with Gasteiger partial charge >= 0.3 is 0 Å². The standard InChI is InChI=1S/C14H30N2/c1-13(2)12-16-10-8-15(9-11-16)7-6-14(3,4)5/h13H,6-12H2,1-5H3. The van der Waals surface area contributed by atoms with Gasteiger partial charge in [0.15, 0.2) is 0 Å². The Balaban J connectivity index is 2.17. The first-order chi connectivity index (χ1) is 7.37. The highest BCUT2D eigenvalue weighted by Gasteiger charge is 2.19. The van der Waals surface area contributed by atoms with Crippen molar-refractivity contribution in [3.05, 3.63) is 0 Å². The van der Waals surface area contributed by atoms with Gasteiger partial charge in [-0.25, -0.2) is 0 Å². The first-order valence-corrected chi connectivity index (χ1v) is 6.81. The summed E-state index contributed by atoms with van der Waals surface area (Å²) >= 11 is 0. The fourth-order valence-corrected chi connectivity index (χ4v) is 2.21. The van der Waals surface area contributed by atoms with Crippen LogP contribution < -0.4 is 0 Å². The molecule has 0 spiro atoms. The van der Waals surface area contributed by atoms with Crippen molar-refractivity contribution < 1.29 is 0 Å². The molecule has 0 atom stereocenters. The van der Waals surface area contributed by atoms with E-state index in [2.05, 4.69) is 44.4 Å². The smallest absolute Gasteiger partial charge is 0.0110 e. The predicted molar refractivity (Wildman–Crippen MR) is 71.8 cm³/mol. The normalized spacial score (nSPS) is 20.6. The highest BCUT2D eigenvalue weighted by atomic mass is 15.3. The van der Waals surface area contributed by atoms with E-state index in [-0.39, 0.29) is 0 Å². The molecule has 2 nitrogen and oxygen atoms in total. The summed E-state index contributed by atoms with van der Waals surface area (Å²) in [6.45, 7) is 19.2. The first kappa shape index (κ1) is 14.0. The van der Waals surface area contributed by atoms with Crippen molar-refractivity contribution in [3.63, 3.8) is 0 Å². The number of hydrogen-bond acceptors (Lipinski definition) is 2. The molecule has 1 aliphatic heterocycles. The minimum Gasteiger partial charge on any atom is -0.301 e. The minimum atomic E-state index is 0.481. The van der Waals surface area contributed by atoms with E-state index in [1.165, 1.54) is 45.7 Å². The monoisotopic (exact) mass is 226 g/mol. The Morgan fingerprint density at radius 3 is 1.88 bits per heavy atom. The SMILES string of the molecule is CC(C)CN1CCN(CCC(C)(C)C)CC1. The second-order valence-electron chi connectivity index (χ2n) is 6.85. The van der Waals surface area contributed by atoms with Crippen molar-refractivity contribution in [1.29, 1.82) is 0 Å². The molecule has 0 aromatic rings. The van der Waals surface area contributed by atoms with E-state index < -0.39 is 0 Å². The Labute approximate surface area is 102 Å². The molecule has 0 bridgehead atoms. The number of piperazine rings is 1. The Hall–Kier alpha value is -0.0800. The van der Waals surface area contributed by atoms with Crippen molar-refractivity contribution in [2.45, 2.75) is 41.0 Å². The molecule has 0 aromatic heterocycles. The molecule has 1 heterocycles. The third-order valence-electron chi connectivity index (χ3n) is 3.27. The molecular formula is C14H30N2. The van der Waals surface area contributed by atoms with Crippen LogP contribution in [0.1, 0.15) is 41.0 Å². The minimum absolute atomic E-state index is 0.481. The van der Waals surface area contributed by atoms with Gasteiger partial charge in [0.05, 0.1) is 0 Å². The first-order valence-electron chi connectivity index (χ1n) is 6.81. The highest BCUT2D eigenvalue weighted by Crippen LogP contribution is 2.19. The van der Waals surface area contributed by atoms with Gasteiger partial charge in [0.2, 0.25) is 0 Å². The molecule has 0 saturated carbocycles. The van der Waals surface area contributed by atoms with Crippen LogP contribution in [0.25, 0.3) is 0 Å². The van der Waals surface area contributed by atoms with Crippen molar-refractivity contribution in [2.24, 2.45) is 11.3 Å². The lowest BCUT2D eigenvalue weighted by Gasteiger charge is -2.36. The summed E-state index contributed by atoms with van der Waals surface area (Å²) in [5.74, 6) is 0.807. The Bertz CT molecular complexity index is 185. The Morgan fingerprint density at radius 2 is 1.44 bits per heavy atom. The summed E-state index contributed by atoms with van der Waals surface area (Å²) in [5, 5.41) is 0. The van der Waals surface area contributed by atoms with Crippen molar-refractivity contribution in [1.82, 2.24) is 9.80 Å². The van der Waals surface area contributed by atoms with Crippen LogP contribution in [0, 0.1) is 11.3 Å². The van der Waals surface area contributed by atoms with Crippen LogP contribution in [0.3, 0.4) is 0 Å². The zero-order valence-corrected chi connectivity index (χ0v) is 11.9. The highest BCUT2D eigenvalue weighted by molar-refractivity contribution is 4.74. The fourth-order valence-electron chi connectivity index (χ4n) is 2.21. The topological polar surface area (TPSA) is 6.48 Å². The number of nitrogens with zero attached hydrogens (tertiary/aromatic N) is 2. The molecule has 0 aliphatic carbocycles. The molecule has 0 aromatic carbocycles. The maximum atomic E-state index is 2.63. The quantitative estimate of drug-likeness (QED) is 0.727. The van der Waals surface area contributed by atoms with Gasteiger partial charge in [0, 0.05) is 32.7 Å². The number of hydrogen-bond donors (Lipinski definition) is 0. The van der Waals surface area contributed by atoms with E-state index in [1.807, 2.05) is 0 Å². The molecule has 0 N–H and O–H groups in total. The van der Waals surface area contributed by atoms with Gasteiger partial charge in [0.25, 0.3) is 0 Å². The average molecular weight is 226 g/mol. The van der Waals surface area contributed by atoms with Crippen LogP contribution in [-0.4, -0.2) is 49.1 Å². The lowest BCUT2D eigenvalue weighted by molar-refractivity contribution is 0.112. The zero-order valence-electron chi connectivity index (χ0n) is 11.9. The van der Waals surface area contributed by atoms with E-state index in [0.29, 0.717) is 5.41 Å². The second kappa shape index (κ2) is 6.02. The molecule has 0 amide bonds. The predicted octanol–water partition coefficient (Wildman–Crippen LogP) is 2.70. The summed E-state index contributed by atoms with van der Waals surface area (Å²) in [5.41, 5.74) is 0.481. The molecule has 1 rings (SSSR count). The zero-order chi connectivity index (χ0) is 12.2. The summed E-state index contributed by atoms with van der Waals surface area (Å²) in [4.78, 5) is 5.24. The lowest BCUT2D eigenvalue weighted by Crippen LogP contribution is -2.47. The van der Waals surface area contributed by atoms with E-state index in [0.717, 1.165) is 5.92 Å². The molecule has 1 aliphatic rings. The molecule has 1 saturated heterocycles. The Morgan fingerprint density at radius 1 is 0.938 bits per heavy atom. The van der Waals surface area contributed by atoms with E-state index >= 15 is 0 Å². The third-order valence-corrected chi connectivity index (χ3v) is 3.27. The van der Waals surface area contributed by atoms with Crippen LogP contribution in [-0.2, 0) is 0 Å². The summed E-state index contributed by atoms with van der Waals surface area (Å²) in [7, 11) is 0. The molecule has 16 heavy (non-hydrogen) atoms. The van der Waals surface area contributed by atoms with Gasteiger partial charge in [-0.05, 0) is 24.3 Å². The molecule has 96 valence electrons. The summed E-state index contributed by atoms with van der Waals surface area (Å²) in [6, 6.07) is 0. The number of rotatable bonds is 4. The van der Waals surface area contributed by atoms with Crippen LogP contribution in [0.5, 0.6) is 0 Å². The maximum absolute atomic E-state index is 2.63. The van der Waals surface area contributed by atoms with Crippen molar-refractivity contribution >= 4 is 0 Å². The molecule has 2 heteroatoms.